The molecule has 0 aromatic carbocycles. The molecule has 0 spiro atoms. The first kappa shape index (κ1) is 15.1. The summed E-state index contributed by atoms with van der Waals surface area (Å²) in [7, 11) is 3.11. The number of allylic oxidation sites excluding steroid dienone is 2. The van der Waals surface area contributed by atoms with E-state index >= 15 is 0 Å². The minimum absolute atomic E-state index is 0.104. The van der Waals surface area contributed by atoms with Gasteiger partial charge >= 0.3 is 11.9 Å². The molecule has 19 heavy (non-hydrogen) atoms. The van der Waals surface area contributed by atoms with Gasteiger partial charge < -0.3 is 15.1 Å². The monoisotopic (exact) mass is 267 g/mol. The van der Waals surface area contributed by atoms with E-state index in [4.69, 9.17) is 0 Å². The van der Waals surface area contributed by atoms with Gasteiger partial charge in [-0.1, -0.05) is 12.2 Å². The number of likely N-dealkylation sites (N-methyl/N-ethyl adjacent to an activating group) is 1. The highest BCUT2D eigenvalue weighted by Crippen LogP contribution is 2.41. The number of rotatable bonds is 4. The zero-order chi connectivity index (χ0) is 15.0. The third kappa shape index (κ3) is 2.08. The lowest BCUT2D eigenvalue weighted by Crippen LogP contribution is -2.57. The van der Waals surface area contributed by atoms with E-state index in [9.17, 15) is 24.6 Å². The second-order valence-electron chi connectivity index (χ2n) is 4.81. The molecule has 104 valence electrons. The van der Waals surface area contributed by atoms with E-state index in [0.29, 0.717) is 5.57 Å². The second kappa shape index (κ2) is 4.97. The fourth-order valence-corrected chi connectivity index (χ4v) is 2.65. The molecule has 1 aliphatic carbocycles. The van der Waals surface area contributed by atoms with Crippen molar-refractivity contribution in [1.29, 1.82) is 0 Å². The number of ketones is 1. The van der Waals surface area contributed by atoms with Crippen molar-refractivity contribution < 1.29 is 24.6 Å². The standard InChI is InChI=1S/C13H17NO5/c1-7-5-6-9(11(16)17)10(14(3)4)13(7,8(2)15)12(18)19/h5-6,10H,1-4H3,(H,16,17)(H,18,19). The van der Waals surface area contributed by atoms with Crippen LogP contribution in [0.3, 0.4) is 0 Å². The zero-order valence-corrected chi connectivity index (χ0v) is 11.3. The molecule has 0 heterocycles. The lowest BCUT2D eigenvalue weighted by atomic mass is 9.66. The van der Waals surface area contributed by atoms with Gasteiger partial charge in [0.25, 0.3) is 0 Å². The predicted octanol–water partition coefficient (Wildman–Crippen LogP) is 0.548. The van der Waals surface area contributed by atoms with E-state index < -0.39 is 29.2 Å². The van der Waals surface area contributed by atoms with Crippen LogP contribution in [-0.4, -0.2) is 53.0 Å². The molecule has 2 N–H and O–H groups in total. The number of aliphatic carboxylic acids is 2. The van der Waals surface area contributed by atoms with Gasteiger partial charge in [-0.3, -0.25) is 9.59 Å². The first-order valence-corrected chi connectivity index (χ1v) is 5.70. The molecule has 6 heteroatoms. The average Bonchev–Trinajstić information content (AvgIpc) is 2.26. The number of carboxylic acids is 2. The Labute approximate surface area is 111 Å². The topological polar surface area (TPSA) is 94.9 Å². The quantitative estimate of drug-likeness (QED) is 0.722. The number of carboxylic acid groups (broad SMARTS) is 2. The normalized spacial score (nSPS) is 26.7. The number of carbonyl (C=O) groups excluding carboxylic acids is 1. The number of hydrogen-bond acceptors (Lipinski definition) is 4. The summed E-state index contributed by atoms with van der Waals surface area (Å²) in [6.07, 6.45) is 2.74. The largest absolute Gasteiger partial charge is 0.480 e. The van der Waals surface area contributed by atoms with Gasteiger partial charge in [0, 0.05) is 0 Å². The summed E-state index contributed by atoms with van der Waals surface area (Å²) < 4.78 is 0. The van der Waals surface area contributed by atoms with Crippen LogP contribution in [0.15, 0.2) is 23.3 Å². The molecule has 2 unspecified atom stereocenters. The van der Waals surface area contributed by atoms with Crippen molar-refractivity contribution >= 4 is 17.7 Å². The Balaban J connectivity index is 3.64. The van der Waals surface area contributed by atoms with Crippen molar-refractivity contribution in [2.75, 3.05) is 14.1 Å². The smallest absolute Gasteiger partial charge is 0.333 e. The van der Waals surface area contributed by atoms with Crippen molar-refractivity contribution in [3.63, 3.8) is 0 Å². The van der Waals surface area contributed by atoms with Crippen LogP contribution in [0, 0.1) is 5.41 Å². The summed E-state index contributed by atoms with van der Waals surface area (Å²) in [5.74, 6) is -3.15. The van der Waals surface area contributed by atoms with Crippen LogP contribution in [0.1, 0.15) is 13.8 Å². The Hall–Kier alpha value is -1.95. The molecular formula is C13H17NO5. The molecule has 0 bridgehead atoms. The summed E-state index contributed by atoms with van der Waals surface area (Å²) in [5.41, 5.74) is -1.63. The highest BCUT2D eigenvalue weighted by molar-refractivity contribution is 6.09. The number of Topliss-reactive ketones (excluding diaryl/α,β-unsaturated/α-hetero) is 1. The highest BCUT2D eigenvalue weighted by Gasteiger charge is 2.56. The average molecular weight is 267 g/mol. The fraction of sp³-hybridized carbons (Fsp3) is 0.462. The van der Waals surface area contributed by atoms with E-state index in [0.717, 1.165) is 0 Å². The van der Waals surface area contributed by atoms with Crippen LogP contribution in [0.25, 0.3) is 0 Å². The van der Waals surface area contributed by atoms with Crippen LogP contribution in [0.5, 0.6) is 0 Å². The van der Waals surface area contributed by atoms with Crippen molar-refractivity contribution in [2.24, 2.45) is 5.41 Å². The maximum Gasteiger partial charge on any atom is 0.333 e. The first-order valence-electron chi connectivity index (χ1n) is 5.70. The summed E-state index contributed by atoms with van der Waals surface area (Å²) in [4.78, 5) is 36.4. The molecule has 1 rings (SSSR count). The summed E-state index contributed by atoms with van der Waals surface area (Å²) in [5, 5.41) is 18.8. The summed E-state index contributed by atoms with van der Waals surface area (Å²) in [6, 6.07) is -1.04. The van der Waals surface area contributed by atoms with Crippen molar-refractivity contribution in [3.8, 4) is 0 Å². The molecule has 0 saturated carbocycles. The number of hydrogen-bond donors (Lipinski definition) is 2. The summed E-state index contributed by atoms with van der Waals surface area (Å²) in [6.45, 7) is 2.70. The van der Waals surface area contributed by atoms with E-state index in [1.54, 1.807) is 14.1 Å². The van der Waals surface area contributed by atoms with Crippen molar-refractivity contribution in [2.45, 2.75) is 19.9 Å². The maximum absolute atomic E-state index is 12.0. The molecule has 0 aliphatic heterocycles. The van der Waals surface area contributed by atoms with Gasteiger partial charge in [-0.2, -0.15) is 0 Å². The van der Waals surface area contributed by atoms with Crippen LogP contribution in [0.4, 0.5) is 0 Å². The number of carbonyl (C=O) groups is 3. The Morgan fingerprint density at radius 1 is 1.21 bits per heavy atom. The SMILES string of the molecule is CC(=O)C1(C(=O)O)C(C)=CC=C(C(=O)O)C1N(C)C. The van der Waals surface area contributed by atoms with E-state index in [1.807, 2.05) is 0 Å². The molecule has 0 saturated heterocycles. The van der Waals surface area contributed by atoms with E-state index in [1.165, 1.54) is 30.9 Å². The molecule has 0 aromatic rings. The fourth-order valence-electron chi connectivity index (χ4n) is 2.65. The van der Waals surface area contributed by atoms with Crippen LogP contribution in [0.2, 0.25) is 0 Å². The molecule has 0 aromatic heterocycles. The third-order valence-corrected chi connectivity index (χ3v) is 3.50. The Bertz CT molecular complexity index is 487. The molecule has 0 radical (unpaired) electrons. The molecule has 2 atom stereocenters. The molecular weight excluding hydrogens is 250 g/mol. The van der Waals surface area contributed by atoms with Crippen LogP contribution >= 0.6 is 0 Å². The molecule has 6 nitrogen and oxygen atoms in total. The Morgan fingerprint density at radius 2 is 1.74 bits per heavy atom. The zero-order valence-electron chi connectivity index (χ0n) is 11.3. The van der Waals surface area contributed by atoms with Crippen molar-refractivity contribution in [1.82, 2.24) is 4.90 Å². The second-order valence-corrected chi connectivity index (χ2v) is 4.81. The van der Waals surface area contributed by atoms with Gasteiger partial charge in [-0.15, -0.1) is 0 Å². The Kier molecular flexibility index (Phi) is 3.95. The molecule has 0 amide bonds. The first-order chi connectivity index (χ1) is 8.67. The van der Waals surface area contributed by atoms with E-state index in [2.05, 4.69) is 0 Å². The molecule has 1 aliphatic rings. The minimum Gasteiger partial charge on any atom is -0.480 e. The predicted molar refractivity (Wildman–Crippen MR) is 67.7 cm³/mol. The van der Waals surface area contributed by atoms with Gasteiger partial charge in [-0.05, 0) is 33.5 Å². The van der Waals surface area contributed by atoms with Crippen LogP contribution in [-0.2, 0) is 14.4 Å². The Morgan fingerprint density at radius 3 is 2.05 bits per heavy atom. The summed E-state index contributed by atoms with van der Waals surface area (Å²) >= 11 is 0. The lowest BCUT2D eigenvalue weighted by molar-refractivity contribution is -0.155. The minimum atomic E-state index is -1.86. The van der Waals surface area contributed by atoms with Gasteiger partial charge in [0.15, 0.2) is 11.2 Å². The van der Waals surface area contributed by atoms with Gasteiger partial charge in [0.2, 0.25) is 0 Å². The molecule has 0 fully saturated rings. The van der Waals surface area contributed by atoms with E-state index in [-0.39, 0.29) is 5.57 Å². The van der Waals surface area contributed by atoms with Gasteiger partial charge in [0.1, 0.15) is 0 Å². The third-order valence-electron chi connectivity index (χ3n) is 3.50. The highest BCUT2D eigenvalue weighted by atomic mass is 16.4. The van der Waals surface area contributed by atoms with Gasteiger partial charge in [0.05, 0.1) is 11.6 Å². The van der Waals surface area contributed by atoms with Gasteiger partial charge in [-0.25, -0.2) is 4.79 Å². The lowest BCUT2D eigenvalue weighted by Gasteiger charge is -2.41. The van der Waals surface area contributed by atoms with Crippen molar-refractivity contribution in [3.05, 3.63) is 23.3 Å². The maximum atomic E-state index is 12.0. The number of nitrogens with zero attached hydrogens (tertiary/aromatic N) is 1. The van der Waals surface area contributed by atoms with Crippen LogP contribution < -0.4 is 0 Å².